The molecule has 0 unspecified atom stereocenters. The number of carbonyl (C=O) groups is 1. The first-order valence-corrected chi connectivity index (χ1v) is 9.87. The molecule has 0 radical (unpaired) electrons. The lowest BCUT2D eigenvalue weighted by Gasteiger charge is -2.08. The Morgan fingerprint density at radius 2 is 2.04 bits per heavy atom. The SMILES string of the molecule is CCn1c(SCC(=O)c2cc([N+](=O)[O-])ccc2Cl)nnc1-c1cccc(C)c1. The van der Waals surface area contributed by atoms with Gasteiger partial charge in [-0.1, -0.05) is 47.1 Å². The number of nitro benzene ring substituents is 1. The average molecular weight is 417 g/mol. The Balaban J connectivity index is 1.81. The van der Waals surface area contributed by atoms with Crippen LogP contribution >= 0.6 is 23.4 Å². The first-order valence-electron chi connectivity index (χ1n) is 8.51. The van der Waals surface area contributed by atoms with E-state index in [0.29, 0.717) is 11.7 Å². The zero-order valence-electron chi connectivity index (χ0n) is 15.3. The second kappa shape index (κ2) is 8.53. The van der Waals surface area contributed by atoms with Crippen LogP contribution in [0, 0.1) is 17.0 Å². The summed E-state index contributed by atoms with van der Waals surface area (Å²) >= 11 is 7.28. The summed E-state index contributed by atoms with van der Waals surface area (Å²) in [5, 5.41) is 20.2. The predicted molar refractivity (Wildman–Crippen MR) is 109 cm³/mol. The lowest BCUT2D eigenvalue weighted by atomic mass is 10.1. The summed E-state index contributed by atoms with van der Waals surface area (Å²) in [5.74, 6) is 0.475. The van der Waals surface area contributed by atoms with E-state index in [1.165, 1.54) is 30.0 Å². The van der Waals surface area contributed by atoms with Crippen LogP contribution in [-0.2, 0) is 6.54 Å². The lowest BCUT2D eigenvalue weighted by molar-refractivity contribution is -0.384. The summed E-state index contributed by atoms with van der Waals surface area (Å²) in [6.45, 7) is 4.63. The number of non-ortho nitro benzene ring substituents is 1. The number of aryl methyl sites for hydroxylation is 1. The van der Waals surface area contributed by atoms with Gasteiger partial charge in [-0.2, -0.15) is 0 Å². The van der Waals surface area contributed by atoms with Crippen LogP contribution in [0.5, 0.6) is 0 Å². The van der Waals surface area contributed by atoms with Crippen molar-refractivity contribution in [3.63, 3.8) is 0 Å². The molecule has 0 saturated carbocycles. The maximum Gasteiger partial charge on any atom is 0.270 e. The molecule has 0 fully saturated rings. The molecule has 28 heavy (non-hydrogen) atoms. The molecule has 2 aromatic carbocycles. The third-order valence-electron chi connectivity index (χ3n) is 4.10. The van der Waals surface area contributed by atoms with Gasteiger partial charge in [0.1, 0.15) is 0 Å². The smallest absolute Gasteiger partial charge is 0.270 e. The summed E-state index contributed by atoms with van der Waals surface area (Å²) in [5.41, 5.74) is 2.03. The Labute approximate surface area is 170 Å². The van der Waals surface area contributed by atoms with E-state index in [0.717, 1.165) is 17.0 Å². The molecule has 0 aliphatic heterocycles. The van der Waals surface area contributed by atoms with Gasteiger partial charge in [0.15, 0.2) is 16.8 Å². The second-order valence-corrected chi connectivity index (χ2v) is 7.40. The van der Waals surface area contributed by atoms with Gasteiger partial charge in [-0.25, -0.2) is 0 Å². The fourth-order valence-corrected chi connectivity index (χ4v) is 3.84. The highest BCUT2D eigenvalue weighted by atomic mass is 35.5. The Hall–Kier alpha value is -2.71. The highest BCUT2D eigenvalue weighted by molar-refractivity contribution is 7.99. The minimum absolute atomic E-state index is 0.0485. The number of thioether (sulfide) groups is 1. The molecule has 0 amide bonds. The number of hydrogen-bond acceptors (Lipinski definition) is 6. The van der Waals surface area contributed by atoms with E-state index in [1.54, 1.807) is 0 Å². The van der Waals surface area contributed by atoms with Crippen molar-refractivity contribution >= 4 is 34.8 Å². The second-order valence-electron chi connectivity index (χ2n) is 6.05. The van der Waals surface area contributed by atoms with Crippen molar-refractivity contribution < 1.29 is 9.72 Å². The topological polar surface area (TPSA) is 90.9 Å². The van der Waals surface area contributed by atoms with Gasteiger partial charge < -0.3 is 4.57 Å². The number of aromatic nitrogens is 3. The Morgan fingerprint density at radius 3 is 2.71 bits per heavy atom. The normalized spacial score (nSPS) is 10.8. The van der Waals surface area contributed by atoms with Gasteiger partial charge in [-0.05, 0) is 26.0 Å². The highest BCUT2D eigenvalue weighted by Crippen LogP contribution is 2.27. The molecular weight excluding hydrogens is 400 g/mol. The highest BCUT2D eigenvalue weighted by Gasteiger charge is 2.19. The van der Waals surface area contributed by atoms with Gasteiger partial charge in [0.25, 0.3) is 5.69 Å². The van der Waals surface area contributed by atoms with Crippen molar-refractivity contribution in [1.82, 2.24) is 14.8 Å². The van der Waals surface area contributed by atoms with Crippen molar-refractivity contribution in [3.05, 3.63) is 68.7 Å². The van der Waals surface area contributed by atoms with Crippen LogP contribution in [-0.4, -0.2) is 31.2 Å². The standard InChI is InChI=1S/C19H17ClN4O3S/c1-3-23-18(13-6-4-5-12(2)9-13)21-22-19(23)28-11-17(25)15-10-14(24(26)27)7-8-16(15)20/h4-10H,3,11H2,1-2H3. The molecule has 0 bridgehead atoms. The molecule has 1 aromatic heterocycles. The zero-order chi connectivity index (χ0) is 20.3. The summed E-state index contributed by atoms with van der Waals surface area (Å²) in [4.78, 5) is 22.9. The summed E-state index contributed by atoms with van der Waals surface area (Å²) in [6.07, 6.45) is 0. The average Bonchev–Trinajstić information content (AvgIpc) is 3.09. The van der Waals surface area contributed by atoms with Crippen molar-refractivity contribution in [2.45, 2.75) is 25.5 Å². The van der Waals surface area contributed by atoms with E-state index in [-0.39, 0.29) is 27.8 Å². The molecule has 0 saturated heterocycles. The summed E-state index contributed by atoms with van der Waals surface area (Å²) < 4.78 is 1.93. The van der Waals surface area contributed by atoms with Crippen LogP contribution in [0.1, 0.15) is 22.8 Å². The number of halogens is 1. The quantitative estimate of drug-likeness (QED) is 0.237. The van der Waals surface area contributed by atoms with Gasteiger partial charge in [0.2, 0.25) is 0 Å². The molecule has 0 aliphatic rings. The molecule has 3 aromatic rings. The molecule has 0 atom stereocenters. The van der Waals surface area contributed by atoms with Crippen molar-refractivity contribution in [2.24, 2.45) is 0 Å². The number of nitrogens with zero attached hydrogens (tertiary/aromatic N) is 4. The fourth-order valence-electron chi connectivity index (χ4n) is 2.73. The van der Waals surface area contributed by atoms with E-state index in [9.17, 15) is 14.9 Å². The van der Waals surface area contributed by atoms with Crippen LogP contribution in [0.2, 0.25) is 5.02 Å². The van der Waals surface area contributed by atoms with Crippen molar-refractivity contribution in [3.8, 4) is 11.4 Å². The van der Waals surface area contributed by atoms with Gasteiger partial charge in [-0.15, -0.1) is 10.2 Å². The van der Waals surface area contributed by atoms with E-state index < -0.39 is 4.92 Å². The summed E-state index contributed by atoms with van der Waals surface area (Å²) in [6, 6.07) is 11.8. The van der Waals surface area contributed by atoms with Crippen molar-refractivity contribution in [2.75, 3.05) is 5.75 Å². The number of ketones is 1. The number of benzene rings is 2. The fraction of sp³-hybridized carbons (Fsp3) is 0.211. The molecular formula is C19H17ClN4O3S. The zero-order valence-corrected chi connectivity index (χ0v) is 16.8. The van der Waals surface area contributed by atoms with Crippen LogP contribution in [0.3, 0.4) is 0 Å². The van der Waals surface area contributed by atoms with Crippen LogP contribution in [0.15, 0.2) is 47.6 Å². The van der Waals surface area contributed by atoms with Crippen LogP contribution in [0.4, 0.5) is 5.69 Å². The lowest BCUT2D eigenvalue weighted by Crippen LogP contribution is -2.06. The first kappa shape index (κ1) is 20.0. The third-order valence-corrected chi connectivity index (χ3v) is 5.40. The number of carbonyl (C=O) groups excluding carboxylic acids is 1. The van der Waals surface area contributed by atoms with Crippen LogP contribution < -0.4 is 0 Å². The van der Waals surface area contributed by atoms with E-state index in [1.807, 2.05) is 42.7 Å². The molecule has 144 valence electrons. The number of rotatable bonds is 7. The molecule has 9 heteroatoms. The molecule has 1 heterocycles. The predicted octanol–water partition coefficient (Wildman–Crippen LogP) is 4.81. The van der Waals surface area contributed by atoms with Crippen LogP contribution in [0.25, 0.3) is 11.4 Å². The molecule has 0 aliphatic carbocycles. The Morgan fingerprint density at radius 1 is 1.25 bits per heavy atom. The number of Topliss-reactive ketones (excluding diaryl/α,β-unsaturated/α-hetero) is 1. The van der Waals surface area contributed by atoms with Gasteiger partial charge in [-0.3, -0.25) is 14.9 Å². The Bertz CT molecular complexity index is 1050. The molecule has 0 N–H and O–H groups in total. The van der Waals surface area contributed by atoms with Crippen molar-refractivity contribution in [1.29, 1.82) is 0 Å². The monoisotopic (exact) mass is 416 g/mol. The molecule has 0 spiro atoms. The van der Waals surface area contributed by atoms with E-state index in [4.69, 9.17) is 11.6 Å². The minimum atomic E-state index is -0.553. The van der Waals surface area contributed by atoms with Gasteiger partial charge in [0.05, 0.1) is 15.7 Å². The number of hydrogen-bond donors (Lipinski definition) is 0. The summed E-state index contributed by atoms with van der Waals surface area (Å²) in [7, 11) is 0. The minimum Gasteiger partial charge on any atom is -0.302 e. The third kappa shape index (κ3) is 4.23. The largest absolute Gasteiger partial charge is 0.302 e. The first-order chi connectivity index (χ1) is 13.4. The number of nitro groups is 1. The van der Waals surface area contributed by atoms with Gasteiger partial charge in [0, 0.05) is 29.8 Å². The Kier molecular flexibility index (Phi) is 6.11. The van der Waals surface area contributed by atoms with E-state index in [2.05, 4.69) is 10.2 Å². The van der Waals surface area contributed by atoms with Gasteiger partial charge >= 0.3 is 0 Å². The molecule has 7 nitrogen and oxygen atoms in total. The maximum atomic E-state index is 12.5. The maximum absolute atomic E-state index is 12.5. The molecule has 3 rings (SSSR count). The van der Waals surface area contributed by atoms with E-state index >= 15 is 0 Å².